The van der Waals surface area contributed by atoms with Crippen molar-refractivity contribution in [2.75, 3.05) is 25.9 Å². The van der Waals surface area contributed by atoms with E-state index in [-0.39, 0.29) is 24.0 Å². The quantitative estimate of drug-likeness (QED) is 0.421. The second-order valence-corrected chi connectivity index (χ2v) is 7.41. The zero-order valence-corrected chi connectivity index (χ0v) is 14.3. The van der Waals surface area contributed by atoms with E-state index in [0.717, 1.165) is 5.56 Å². The van der Waals surface area contributed by atoms with Gasteiger partial charge in [0.2, 0.25) is 0 Å². The van der Waals surface area contributed by atoms with Crippen molar-refractivity contribution >= 4 is 15.8 Å². The third-order valence-electron chi connectivity index (χ3n) is 3.08. The lowest BCUT2D eigenvalue weighted by atomic mass is 10.2. The number of hydrogen-bond acceptors (Lipinski definition) is 3. The molecule has 9 heteroatoms. The molecule has 0 amide bonds. The Morgan fingerprint density at radius 3 is 2.33 bits per heavy atom. The third-order valence-corrected chi connectivity index (χ3v) is 4.76. The van der Waals surface area contributed by atoms with Crippen molar-refractivity contribution in [2.45, 2.75) is 24.8 Å². The molecule has 0 saturated heterocycles. The third kappa shape index (κ3) is 9.39. The van der Waals surface area contributed by atoms with E-state index in [2.05, 4.69) is 15.6 Å². The molecule has 136 valence electrons. The molecule has 0 aliphatic heterocycles. The molecule has 1 rings (SSSR count). The van der Waals surface area contributed by atoms with Crippen LogP contribution in [0.3, 0.4) is 0 Å². The molecule has 0 heterocycles. The average molecular weight is 365 g/mol. The molecule has 0 unspecified atom stereocenters. The van der Waals surface area contributed by atoms with Gasteiger partial charge in [0, 0.05) is 20.1 Å². The molecule has 24 heavy (non-hydrogen) atoms. The zero-order chi connectivity index (χ0) is 18.1. The zero-order valence-electron chi connectivity index (χ0n) is 13.4. The minimum absolute atomic E-state index is 0.00552. The van der Waals surface area contributed by atoms with E-state index in [4.69, 9.17) is 0 Å². The monoisotopic (exact) mass is 365 g/mol. The molecular weight excluding hydrogens is 343 g/mol. The molecule has 0 radical (unpaired) electrons. The van der Waals surface area contributed by atoms with Crippen LogP contribution in [0.15, 0.2) is 35.3 Å². The van der Waals surface area contributed by atoms with Crippen LogP contribution in [0.5, 0.6) is 0 Å². The van der Waals surface area contributed by atoms with E-state index in [1.165, 1.54) is 7.05 Å². The number of halogens is 3. The maximum absolute atomic E-state index is 12.1. The van der Waals surface area contributed by atoms with Gasteiger partial charge in [-0.1, -0.05) is 30.3 Å². The van der Waals surface area contributed by atoms with E-state index < -0.39 is 22.4 Å². The van der Waals surface area contributed by atoms with Gasteiger partial charge in [0.1, 0.15) is 0 Å². The maximum Gasteiger partial charge on any atom is 0.390 e. The van der Waals surface area contributed by atoms with Gasteiger partial charge in [0.05, 0.1) is 17.9 Å². The Morgan fingerprint density at radius 2 is 1.75 bits per heavy atom. The first-order chi connectivity index (χ1) is 11.2. The first-order valence-corrected chi connectivity index (χ1v) is 9.29. The highest BCUT2D eigenvalue weighted by Gasteiger charge is 2.26. The Bertz CT molecular complexity index is 617. The van der Waals surface area contributed by atoms with Gasteiger partial charge in [-0.25, -0.2) is 8.42 Å². The highest BCUT2D eigenvalue weighted by molar-refractivity contribution is 7.90. The molecule has 1 aromatic rings. The van der Waals surface area contributed by atoms with Gasteiger partial charge < -0.3 is 10.6 Å². The van der Waals surface area contributed by atoms with Gasteiger partial charge in [-0.05, 0) is 12.0 Å². The topological polar surface area (TPSA) is 70.6 Å². The standard InChI is InChI=1S/C15H22F3N3O2S/c1-19-14(21-10-8-15(16,17)18)20-9-5-11-24(22,23)12-13-6-3-2-4-7-13/h2-4,6-7H,5,8-12H2,1H3,(H2,19,20,21). The summed E-state index contributed by atoms with van der Waals surface area (Å²) in [4.78, 5) is 3.79. The smallest absolute Gasteiger partial charge is 0.356 e. The van der Waals surface area contributed by atoms with E-state index in [1.807, 2.05) is 6.07 Å². The second-order valence-electron chi connectivity index (χ2n) is 5.22. The van der Waals surface area contributed by atoms with Gasteiger partial charge in [0.25, 0.3) is 0 Å². The van der Waals surface area contributed by atoms with Gasteiger partial charge in [0.15, 0.2) is 15.8 Å². The molecule has 0 atom stereocenters. The average Bonchev–Trinajstić information content (AvgIpc) is 2.49. The van der Waals surface area contributed by atoms with E-state index in [1.54, 1.807) is 24.3 Å². The lowest BCUT2D eigenvalue weighted by Crippen LogP contribution is -2.39. The summed E-state index contributed by atoms with van der Waals surface area (Å²) >= 11 is 0. The number of alkyl halides is 3. The molecule has 0 aromatic heterocycles. The minimum Gasteiger partial charge on any atom is -0.356 e. The molecule has 5 nitrogen and oxygen atoms in total. The Morgan fingerprint density at radius 1 is 1.12 bits per heavy atom. The molecule has 2 N–H and O–H groups in total. The van der Waals surface area contributed by atoms with E-state index >= 15 is 0 Å². The van der Waals surface area contributed by atoms with Crippen LogP contribution in [-0.4, -0.2) is 46.4 Å². The number of benzene rings is 1. The van der Waals surface area contributed by atoms with Gasteiger partial charge in [-0.3, -0.25) is 4.99 Å². The first-order valence-electron chi connectivity index (χ1n) is 7.47. The summed E-state index contributed by atoms with van der Waals surface area (Å²) in [6, 6.07) is 8.88. The number of nitrogens with one attached hydrogen (secondary N) is 2. The summed E-state index contributed by atoms with van der Waals surface area (Å²) in [6.07, 6.45) is -4.84. The summed E-state index contributed by atoms with van der Waals surface area (Å²) in [5, 5.41) is 5.33. The minimum atomic E-state index is -4.22. The Kier molecular flexibility index (Phi) is 8.03. The van der Waals surface area contributed by atoms with Crippen molar-refractivity contribution in [1.29, 1.82) is 0 Å². The number of hydrogen-bond donors (Lipinski definition) is 2. The predicted molar refractivity (Wildman–Crippen MR) is 88.6 cm³/mol. The molecule has 1 aromatic carbocycles. The molecule has 0 aliphatic rings. The van der Waals surface area contributed by atoms with Crippen molar-refractivity contribution in [1.82, 2.24) is 10.6 Å². The van der Waals surface area contributed by atoms with Crippen LogP contribution in [0.4, 0.5) is 13.2 Å². The fourth-order valence-electron chi connectivity index (χ4n) is 1.94. The maximum atomic E-state index is 12.1. The highest BCUT2D eigenvalue weighted by Crippen LogP contribution is 2.18. The number of rotatable bonds is 8. The lowest BCUT2D eigenvalue weighted by Gasteiger charge is -2.13. The van der Waals surface area contributed by atoms with Crippen molar-refractivity contribution < 1.29 is 21.6 Å². The Labute approximate surface area is 140 Å². The number of guanidine groups is 1. The lowest BCUT2D eigenvalue weighted by molar-refractivity contribution is -0.132. The van der Waals surface area contributed by atoms with Gasteiger partial charge in [-0.2, -0.15) is 13.2 Å². The molecule has 0 bridgehead atoms. The van der Waals surface area contributed by atoms with Crippen LogP contribution in [0, 0.1) is 0 Å². The second kappa shape index (κ2) is 9.51. The van der Waals surface area contributed by atoms with Crippen molar-refractivity contribution in [3.05, 3.63) is 35.9 Å². The molecule has 0 spiro atoms. The van der Waals surface area contributed by atoms with Crippen LogP contribution < -0.4 is 10.6 Å². The summed E-state index contributed by atoms with van der Waals surface area (Å²) in [7, 11) is -1.79. The fourth-order valence-corrected chi connectivity index (χ4v) is 3.37. The number of sulfone groups is 1. The summed E-state index contributed by atoms with van der Waals surface area (Å²) in [5.41, 5.74) is 0.732. The number of nitrogens with zero attached hydrogens (tertiary/aromatic N) is 1. The summed E-state index contributed by atoms with van der Waals surface area (Å²) in [6.45, 7) is 0.0230. The fraction of sp³-hybridized carbons (Fsp3) is 0.533. The van der Waals surface area contributed by atoms with Crippen LogP contribution in [0.25, 0.3) is 0 Å². The van der Waals surface area contributed by atoms with Crippen LogP contribution in [0.1, 0.15) is 18.4 Å². The molecule has 0 fully saturated rings. The van der Waals surface area contributed by atoms with Crippen molar-refractivity contribution in [3.8, 4) is 0 Å². The SMILES string of the molecule is CN=C(NCCCS(=O)(=O)Cc1ccccc1)NCCC(F)(F)F. The highest BCUT2D eigenvalue weighted by atomic mass is 32.2. The predicted octanol–water partition coefficient (Wildman–Crippen LogP) is 2.11. The van der Waals surface area contributed by atoms with Crippen LogP contribution in [-0.2, 0) is 15.6 Å². The summed E-state index contributed by atoms with van der Waals surface area (Å²) in [5.74, 6) is 0.195. The molecule has 0 saturated carbocycles. The van der Waals surface area contributed by atoms with Crippen molar-refractivity contribution in [2.24, 2.45) is 4.99 Å². The normalized spacial score (nSPS) is 12.9. The van der Waals surface area contributed by atoms with E-state index in [0.29, 0.717) is 13.0 Å². The van der Waals surface area contributed by atoms with Gasteiger partial charge >= 0.3 is 6.18 Å². The molecular formula is C15H22F3N3O2S. The van der Waals surface area contributed by atoms with Gasteiger partial charge in [-0.15, -0.1) is 0 Å². The Hall–Kier alpha value is -1.77. The van der Waals surface area contributed by atoms with Crippen LogP contribution >= 0.6 is 0 Å². The largest absolute Gasteiger partial charge is 0.390 e. The van der Waals surface area contributed by atoms with Crippen molar-refractivity contribution in [3.63, 3.8) is 0 Å². The number of aliphatic imine (C=N–C) groups is 1. The van der Waals surface area contributed by atoms with Crippen LogP contribution in [0.2, 0.25) is 0 Å². The van der Waals surface area contributed by atoms with E-state index in [9.17, 15) is 21.6 Å². The molecule has 0 aliphatic carbocycles. The Balaban J connectivity index is 2.28. The summed E-state index contributed by atoms with van der Waals surface area (Å²) < 4.78 is 60.2. The first kappa shape index (κ1) is 20.3.